The second-order valence-corrected chi connectivity index (χ2v) is 4.20. The van der Waals surface area contributed by atoms with Crippen LogP contribution in [-0.4, -0.2) is 16.4 Å². The number of benzene rings is 1. The minimum absolute atomic E-state index is 0.282. The minimum atomic E-state index is 0.282. The molecule has 0 saturated carbocycles. The average molecular weight is 283 g/mol. The van der Waals surface area contributed by atoms with Crippen molar-refractivity contribution in [2.45, 2.75) is 0 Å². The Morgan fingerprint density at radius 2 is 1.94 bits per heavy atom. The third-order valence-electron chi connectivity index (χ3n) is 2.08. The van der Waals surface area contributed by atoms with Gasteiger partial charge in [0.25, 0.3) is 0 Å². The van der Waals surface area contributed by atoms with E-state index in [0.29, 0.717) is 15.8 Å². The van der Waals surface area contributed by atoms with E-state index in [1.54, 1.807) is 30.3 Å². The summed E-state index contributed by atoms with van der Waals surface area (Å²) in [5.41, 5.74) is 0.750. The standard InChI is InChI=1S/C12H8Cl2N2O2/c13-9-5-11(14)12(15-7-9)18-10-3-1-8(2-4-10)6-16-17/h1-7,17H/b16-6+. The van der Waals surface area contributed by atoms with Crippen LogP contribution < -0.4 is 4.74 Å². The molecule has 92 valence electrons. The first kappa shape index (κ1) is 12.7. The Kier molecular flexibility index (Phi) is 4.02. The SMILES string of the molecule is O/N=C/c1ccc(Oc2ncc(Cl)cc2Cl)cc1. The lowest BCUT2D eigenvalue weighted by Crippen LogP contribution is -1.89. The van der Waals surface area contributed by atoms with Crippen molar-refractivity contribution in [2.75, 3.05) is 0 Å². The number of halogens is 2. The van der Waals surface area contributed by atoms with Crippen molar-refractivity contribution in [1.29, 1.82) is 0 Å². The molecule has 0 spiro atoms. The smallest absolute Gasteiger partial charge is 0.238 e. The Labute approximate surface area is 113 Å². The molecule has 1 heterocycles. The monoisotopic (exact) mass is 282 g/mol. The quantitative estimate of drug-likeness (QED) is 0.526. The summed E-state index contributed by atoms with van der Waals surface area (Å²) < 4.78 is 5.49. The van der Waals surface area contributed by atoms with Gasteiger partial charge in [-0.2, -0.15) is 0 Å². The van der Waals surface area contributed by atoms with Crippen molar-refractivity contribution in [3.05, 3.63) is 52.1 Å². The third kappa shape index (κ3) is 3.12. The van der Waals surface area contributed by atoms with Gasteiger partial charge in [0, 0.05) is 6.20 Å². The van der Waals surface area contributed by atoms with Gasteiger partial charge in [0.15, 0.2) is 0 Å². The van der Waals surface area contributed by atoms with E-state index < -0.39 is 0 Å². The molecule has 1 aromatic heterocycles. The van der Waals surface area contributed by atoms with Crippen LogP contribution in [0.4, 0.5) is 0 Å². The highest BCUT2D eigenvalue weighted by Gasteiger charge is 2.05. The first-order valence-corrected chi connectivity index (χ1v) is 5.71. The zero-order valence-electron chi connectivity index (χ0n) is 9.05. The largest absolute Gasteiger partial charge is 0.438 e. The molecule has 1 N–H and O–H groups in total. The van der Waals surface area contributed by atoms with Crippen LogP contribution in [0.15, 0.2) is 41.7 Å². The molecule has 4 nitrogen and oxygen atoms in total. The molecule has 0 bridgehead atoms. The van der Waals surface area contributed by atoms with Crippen LogP contribution in [0.5, 0.6) is 11.6 Å². The van der Waals surface area contributed by atoms with Crippen LogP contribution in [0.3, 0.4) is 0 Å². The summed E-state index contributed by atoms with van der Waals surface area (Å²) in [5, 5.41) is 12.1. The maximum Gasteiger partial charge on any atom is 0.238 e. The molecule has 1 aromatic carbocycles. The number of nitrogens with zero attached hydrogens (tertiary/aromatic N) is 2. The summed E-state index contributed by atoms with van der Waals surface area (Å²) in [6.45, 7) is 0. The average Bonchev–Trinajstić information content (AvgIpc) is 2.35. The molecule has 0 aliphatic heterocycles. The highest BCUT2D eigenvalue weighted by atomic mass is 35.5. The van der Waals surface area contributed by atoms with Crippen molar-refractivity contribution in [2.24, 2.45) is 5.16 Å². The zero-order chi connectivity index (χ0) is 13.0. The summed E-state index contributed by atoms with van der Waals surface area (Å²) in [6.07, 6.45) is 2.77. The summed E-state index contributed by atoms with van der Waals surface area (Å²) in [6, 6.07) is 8.45. The number of pyridine rings is 1. The third-order valence-corrected chi connectivity index (χ3v) is 2.55. The second-order valence-electron chi connectivity index (χ2n) is 3.36. The van der Waals surface area contributed by atoms with Gasteiger partial charge in [-0.1, -0.05) is 28.4 Å². The molecule has 0 fully saturated rings. The topological polar surface area (TPSA) is 54.7 Å². The van der Waals surface area contributed by atoms with Gasteiger partial charge in [-0.05, 0) is 35.9 Å². The molecule has 0 radical (unpaired) electrons. The van der Waals surface area contributed by atoms with E-state index in [1.165, 1.54) is 12.4 Å². The Hall–Kier alpha value is -1.78. The van der Waals surface area contributed by atoms with Gasteiger partial charge < -0.3 is 9.94 Å². The predicted molar refractivity (Wildman–Crippen MR) is 70.2 cm³/mol. The number of hydrogen-bond donors (Lipinski definition) is 1. The van der Waals surface area contributed by atoms with Crippen molar-refractivity contribution in [3.63, 3.8) is 0 Å². The van der Waals surface area contributed by atoms with Gasteiger partial charge in [0.1, 0.15) is 10.8 Å². The second kappa shape index (κ2) is 5.71. The van der Waals surface area contributed by atoms with Gasteiger partial charge >= 0.3 is 0 Å². The lowest BCUT2D eigenvalue weighted by atomic mass is 10.2. The van der Waals surface area contributed by atoms with E-state index in [2.05, 4.69) is 10.1 Å². The molecule has 0 atom stereocenters. The Morgan fingerprint density at radius 1 is 1.22 bits per heavy atom. The van der Waals surface area contributed by atoms with E-state index >= 15 is 0 Å². The normalized spacial score (nSPS) is 10.8. The first-order valence-electron chi connectivity index (χ1n) is 4.95. The number of ether oxygens (including phenoxy) is 1. The Bertz CT molecular complexity index is 571. The van der Waals surface area contributed by atoms with Crippen LogP contribution in [0.1, 0.15) is 5.56 Å². The van der Waals surface area contributed by atoms with Crippen LogP contribution in [0.25, 0.3) is 0 Å². The molecule has 6 heteroatoms. The van der Waals surface area contributed by atoms with Gasteiger partial charge in [-0.25, -0.2) is 4.98 Å². The van der Waals surface area contributed by atoms with E-state index in [0.717, 1.165) is 5.56 Å². The molecule has 2 rings (SSSR count). The van der Waals surface area contributed by atoms with Crippen molar-refractivity contribution in [1.82, 2.24) is 4.98 Å². The first-order chi connectivity index (χ1) is 8.69. The fourth-order valence-corrected chi connectivity index (χ4v) is 1.70. The molecule has 0 aliphatic rings. The number of oxime groups is 1. The number of rotatable bonds is 3. The molecule has 0 unspecified atom stereocenters. The maximum atomic E-state index is 8.38. The molecule has 0 aliphatic carbocycles. The summed E-state index contributed by atoms with van der Waals surface area (Å²) >= 11 is 11.7. The summed E-state index contributed by atoms with van der Waals surface area (Å²) in [7, 11) is 0. The molecular weight excluding hydrogens is 275 g/mol. The van der Waals surface area contributed by atoms with Gasteiger partial charge in [0.2, 0.25) is 5.88 Å². The van der Waals surface area contributed by atoms with Crippen LogP contribution >= 0.6 is 23.2 Å². The fraction of sp³-hybridized carbons (Fsp3) is 0. The fourth-order valence-electron chi connectivity index (χ4n) is 1.28. The summed E-state index contributed by atoms with van der Waals surface area (Å²) in [5.74, 6) is 0.853. The summed E-state index contributed by atoms with van der Waals surface area (Å²) in [4.78, 5) is 3.98. The Morgan fingerprint density at radius 3 is 2.56 bits per heavy atom. The molecule has 0 saturated heterocycles. The van der Waals surface area contributed by atoms with Crippen molar-refractivity contribution in [3.8, 4) is 11.6 Å². The van der Waals surface area contributed by atoms with Gasteiger partial charge in [0.05, 0.1) is 11.2 Å². The molecule has 0 amide bonds. The van der Waals surface area contributed by atoms with E-state index in [9.17, 15) is 0 Å². The van der Waals surface area contributed by atoms with E-state index in [4.69, 9.17) is 33.1 Å². The lowest BCUT2D eigenvalue weighted by Gasteiger charge is -2.06. The molecule has 18 heavy (non-hydrogen) atoms. The van der Waals surface area contributed by atoms with Crippen LogP contribution in [0, 0.1) is 0 Å². The molecule has 2 aromatic rings. The maximum absolute atomic E-state index is 8.38. The Balaban J connectivity index is 2.18. The van der Waals surface area contributed by atoms with Crippen molar-refractivity contribution < 1.29 is 9.94 Å². The van der Waals surface area contributed by atoms with E-state index in [-0.39, 0.29) is 5.88 Å². The predicted octanol–water partition coefficient (Wildman–Crippen LogP) is 3.99. The highest BCUT2D eigenvalue weighted by Crippen LogP contribution is 2.28. The zero-order valence-corrected chi connectivity index (χ0v) is 10.6. The van der Waals surface area contributed by atoms with Gasteiger partial charge in [-0.15, -0.1) is 0 Å². The van der Waals surface area contributed by atoms with Crippen LogP contribution in [0.2, 0.25) is 10.0 Å². The lowest BCUT2D eigenvalue weighted by molar-refractivity contribution is 0.322. The van der Waals surface area contributed by atoms with Crippen LogP contribution in [-0.2, 0) is 0 Å². The highest BCUT2D eigenvalue weighted by molar-refractivity contribution is 6.35. The van der Waals surface area contributed by atoms with Gasteiger partial charge in [-0.3, -0.25) is 0 Å². The number of aromatic nitrogens is 1. The number of hydrogen-bond acceptors (Lipinski definition) is 4. The minimum Gasteiger partial charge on any atom is -0.438 e. The molecular formula is C12H8Cl2N2O2. The van der Waals surface area contributed by atoms with E-state index in [1.807, 2.05) is 0 Å². The van der Waals surface area contributed by atoms with Crippen molar-refractivity contribution >= 4 is 29.4 Å².